The van der Waals surface area contributed by atoms with Crippen LogP contribution in [0.4, 0.5) is 34.1 Å². The van der Waals surface area contributed by atoms with Crippen molar-refractivity contribution in [2.24, 2.45) is 0 Å². The molecule has 4 aliphatic heterocycles. The number of anilines is 6. The average Bonchev–Trinajstić information content (AvgIpc) is 0.676. The Morgan fingerprint density at radius 1 is 0.369 bits per heavy atom. The summed E-state index contributed by atoms with van der Waals surface area (Å²) in [4.78, 5) is 34.4. The minimum atomic E-state index is -0.368. The molecule has 0 unspecified atom stereocenters. The van der Waals surface area contributed by atoms with Crippen LogP contribution in [0.3, 0.4) is 0 Å². The third kappa shape index (κ3) is 7.45. The number of hydrogen-bond donors (Lipinski definition) is 0. The van der Waals surface area contributed by atoms with Crippen LogP contribution < -0.4 is 42.6 Å². The van der Waals surface area contributed by atoms with Crippen LogP contribution in [-0.2, 0) is 33.5 Å². The first-order chi connectivity index (χ1) is 40.8. The lowest BCUT2D eigenvalue weighted by Crippen LogP contribution is -2.60. The molecule has 0 aromatic heterocycles. The molecule has 402 valence electrons. The van der Waals surface area contributed by atoms with Gasteiger partial charge in [-0.25, -0.2) is 9.59 Å². The summed E-state index contributed by atoms with van der Waals surface area (Å²) < 4.78 is 12.5. The minimum absolute atomic E-state index is 0.161. The van der Waals surface area contributed by atoms with Crippen LogP contribution in [0.25, 0.3) is 54.6 Å². The first-order valence-electron chi connectivity index (χ1n) is 29.3. The fourth-order valence-electron chi connectivity index (χ4n) is 14.7. The van der Waals surface area contributed by atoms with E-state index in [1.54, 1.807) is 0 Å². The third-order valence-electron chi connectivity index (χ3n) is 18.3. The number of para-hydroxylation sites is 4. The molecule has 12 aromatic carbocycles. The van der Waals surface area contributed by atoms with Crippen molar-refractivity contribution in [3.63, 3.8) is 0 Å². The van der Waals surface area contributed by atoms with Crippen molar-refractivity contribution in [2.45, 2.75) is 65.6 Å². The van der Waals surface area contributed by atoms with Crippen LogP contribution >= 0.6 is 0 Å². The predicted octanol–water partition coefficient (Wildman–Crippen LogP) is 14.5. The molecule has 0 aliphatic carbocycles. The van der Waals surface area contributed by atoms with E-state index in [-0.39, 0.29) is 49.4 Å². The Hall–Kier alpha value is -9.65. The Labute approximate surface area is 490 Å². The molecule has 0 N–H and O–H groups in total. The molecule has 12 aromatic rings. The van der Waals surface area contributed by atoms with E-state index in [1.165, 1.54) is 76.2 Å². The zero-order valence-electron chi connectivity index (χ0n) is 47.9. The Kier molecular flexibility index (Phi) is 11.0. The number of hydrogen-bond acceptors (Lipinski definition) is 6. The molecule has 8 heteroatoms. The van der Waals surface area contributed by atoms with Crippen LogP contribution in [0.15, 0.2) is 218 Å². The Morgan fingerprint density at radius 3 is 1.11 bits per heavy atom. The summed E-state index contributed by atoms with van der Waals surface area (Å²) in [7, 11) is 0. The van der Waals surface area contributed by atoms with Crippen LogP contribution in [0.5, 0.6) is 0 Å². The number of esters is 2. The monoisotopic (exact) mass is 1080 g/mol. The van der Waals surface area contributed by atoms with E-state index in [9.17, 15) is 9.59 Å². The highest BCUT2D eigenvalue weighted by molar-refractivity contribution is 7.02. The fraction of sp³-hybridized carbons (Fsp3) is 0.132. The molecule has 0 atom stereocenters. The van der Waals surface area contributed by atoms with Gasteiger partial charge in [-0.3, -0.25) is 0 Å². The lowest BCUT2D eigenvalue weighted by atomic mass is 9.31. The smallest absolute Gasteiger partial charge is 0.338 e. The van der Waals surface area contributed by atoms with Crippen molar-refractivity contribution < 1.29 is 19.1 Å². The molecule has 0 bridgehead atoms. The number of nitrogens with zero attached hydrogens (tertiary/aromatic N) is 2. The largest absolute Gasteiger partial charge is 0.457 e. The topological polar surface area (TPSA) is 59.1 Å². The highest BCUT2D eigenvalue weighted by Crippen LogP contribution is 2.52. The molecule has 84 heavy (non-hydrogen) atoms. The van der Waals surface area contributed by atoms with E-state index < -0.39 is 0 Å². The van der Waals surface area contributed by atoms with Gasteiger partial charge in [0.05, 0.1) is 11.1 Å². The summed E-state index contributed by atoms with van der Waals surface area (Å²) in [6, 6.07) is 77.2. The Bertz CT molecular complexity index is 4440. The summed E-state index contributed by atoms with van der Waals surface area (Å²) in [6.45, 7) is 14.0. The zero-order chi connectivity index (χ0) is 56.9. The van der Waals surface area contributed by atoms with Gasteiger partial charge in [0.15, 0.2) is 0 Å². The van der Waals surface area contributed by atoms with Gasteiger partial charge in [-0.15, -0.1) is 0 Å². The Morgan fingerprint density at radius 2 is 0.726 bits per heavy atom. The first-order valence-corrected chi connectivity index (χ1v) is 29.3. The van der Waals surface area contributed by atoms with Crippen molar-refractivity contribution in [3.05, 3.63) is 252 Å². The molecule has 0 spiro atoms. The first kappa shape index (κ1) is 50.1. The molecule has 0 radical (unpaired) electrons. The molecule has 0 saturated carbocycles. The molecule has 0 saturated heterocycles. The van der Waals surface area contributed by atoms with Gasteiger partial charge >= 0.3 is 11.9 Å². The van der Waals surface area contributed by atoms with Gasteiger partial charge in [-0.05, 0) is 182 Å². The van der Waals surface area contributed by atoms with Crippen molar-refractivity contribution >= 4 is 125 Å². The van der Waals surface area contributed by atoms with Gasteiger partial charge in [0, 0.05) is 34.1 Å². The average molecular weight is 1080 g/mol. The molecule has 0 amide bonds. The van der Waals surface area contributed by atoms with Gasteiger partial charge < -0.3 is 19.3 Å². The molecule has 4 heterocycles. The quantitative estimate of drug-likeness (QED) is 0.0858. The lowest BCUT2D eigenvalue weighted by Gasteiger charge is -2.43. The van der Waals surface area contributed by atoms with E-state index in [2.05, 4.69) is 209 Å². The second-order valence-corrected chi connectivity index (χ2v) is 25.3. The van der Waals surface area contributed by atoms with Gasteiger partial charge in [0.25, 0.3) is 0 Å². The number of carbonyl (C=O) groups excluding carboxylic acids is 2. The van der Waals surface area contributed by atoms with Crippen molar-refractivity contribution in [2.75, 3.05) is 9.80 Å². The maximum atomic E-state index is 14.9. The fourth-order valence-corrected chi connectivity index (χ4v) is 14.7. The van der Waals surface area contributed by atoms with E-state index in [0.29, 0.717) is 11.1 Å². The van der Waals surface area contributed by atoms with Gasteiger partial charge in [-0.1, -0.05) is 198 Å². The highest BCUT2D eigenvalue weighted by atomic mass is 16.5. The third-order valence-corrected chi connectivity index (χ3v) is 18.3. The number of fused-ring (bicyclic) bond motifs is 8. The normalized spacial score (nSPS) is 13.5. The SMILES string of the molecule is CC(C)(C)c1cc2c3c(cc4c(C(C)(C)C)cc5c6c(cc1c3c46)B1c3ccccc3N(c3ccccc3)c3cc(C(=O)OCc4ccccc4)cc-5c31)B1c3ccccc3N(c3ccccc3)c3cc(C(=O)OCc4ccccc4)cc-2c31. The zero-order valence-corrected chi connectivity index (χ0v) is 47.9. The van der Waals surface area contributed by atoms with Gasteiger partial charge in [-0.2, -0.15) is 0 Å². The molecule has 16 rings (SSSR count). The molecule has 6 nitrogen and oxygen atoms in total. The summed E-state index contributed by atoms with van der Waals surface area (Å²) >= 11 is 0. The summed E-state index contributed by atoms with van der Waals surface area (Å²) in [5.74, 6) is -0.737. The van der Waals surface area contributed by atoms with Crippen molar-refractivity contribution in [1.82, 2.24) is 0 Å². The van der Waals surface area contributed by atoms with Crippen molar-refractivity contribution in [1.29, 1.82) is 0 Å². The second kappa shape index (κ2) is 18.4. The number of carbonyl (C=O) groups is 2. The van der Waals surface area contributed by atoms with Crippen LogP contribution in [0, 0.1) is 0 Å². The van der Waals surface area contributed by atoms with E-state index in [0.717, 1.165) is 67.5 Å². The van der Waals surface area contributed by atoms with E-state index in [1.807, 2.05) is 60.7 Å². The highest BCUT2D eigenvalue weighted by Gasteiger charge is 2.47. The van der Waals surface area contributed by atoms with E-state index in [4.69, 9.17) is 9.47 Å². The second-order valence-electron chi connectivity index (χ2n) is 25.3. The van der Waals surface area contributed by atoms with Gasteiger partial charge in [0.2, 0.25) is 13.4 Å². The van der Waals surface area contributed by atoms with Crippen molar-refractivity contribution in [3.8, 4) is 22.3 Å². The molecule has 4 aliphatic rings. The molecular weight excluding hydrogens is 1030 g/mol. The van der Waals surface area contributed by atoms with Crippen LogP contribution in [-0.4, -0.2) is 25.4 Å². The maximum Gasteiger partial charge on any atom is 0.338 e. The predicted molar refractivity (Wildman–Crippen MR) is 348 cm³/mol. The molecular formula is C76H58B2N2O4. The Balaban J connectivity index is 1.04. The van der Waals surface area contributed by atoms with E-state index >= 15 is 0 Å². The molecule has 0 fully saturated rings. The lowest BCUT2D eigenvalue weighted by molar-refractivity contribution is 0.0464. The summed E-state index contributed by atoms with van der Waals surface area (Å²) in [5, 5.41) is 7.36. The maximum absolute atomic E-state index is 14.9. The number of rotatable bonds is 8. The van der Waals surface area contributed by atoms with Gasteiger partial charge in [0.1, 0.15) is 13.2 Å². The summed E-state index contributed by atoms with van der Waals surface area (Å²) in [6.07, 6.45) is 0. The van der Waals surface area contributed by atoms with Crippen LogP contribution in [0.1, 0.15) is 84.5 Å². The number of ether oxygens (including phenoxy) is 2. The number of benzene rings is 12. The minimum Gasteiger partial charge on any atom is -0.457 e. The standard InChI is InChI=1S/C76H58B2N2O4/c1-75(2,3)57-39-51-53-35-47(73(81)83-43-45-23-11-7-12-24-45)37-65-71(53)78(60-32-20-22-34-64(60)79(65)49-27-15-9-16-28-49)62-42-56-58(76(4,5)6)40-52-54-36-48(74(82)84-44-46-25-13-8-14-26-46)38-66-72(54)77(61-41-55(57)69(67(51)62)70(56)68(52)61)59-31-19-21-33-63(59)80(66)50-29-17-10-18-30-50/h7-42H,43-44H2,1-6H3. The summed E-state index contributed by atoms with van der Waals surface area (Å²) in [5.41, 5.74) is 22.4. The van der Waals surface area contributed by atoms with Crippen LogP contribution in [0.2, 0.25) is 0 Å².